The van der Waals surface area contributed by atoms with Crippen LogP contribution in [0.5, 0.6) is 0 Å². The fourth-order valence-electron chi connectivity index (χ4n) is 5.41. The Morgan fingerprint density at radius 1 is 1.03 bits per heavy atom. The third-order valence-corrected chi connectivity index (χ3v) is 8.00. The van der Waals surface area contributed by atoms with Crippen molar-refractivity contribution in [2.75, 3.05) is 5.32 Å². The average molecular weight is 407 g/mol. The molecule has 0 aliphatic heterocycles. The van der Waals surface area contributed by atoms with Crippen molar-refractivity contribution in [2.24, 2.45) is 17.8 Å². The number of imidazole rings is 1. The molecule has 1 N–H and O–H groups in total. The standard InChI is InChI=1S/C24H34N6/c1-15-9-11-17(12-10-15)14-30-21-22(26-16(2)18-5-3-6-18)27-20(13-25)28-23(21)29-24(30)19-7-4-8-19/h15-19H,3-12,14H2,1-2H3,(H,26,27,28)/t15?,16-,17?/m1/s1. The molecule has 0 aromatic carbocycles. The predicted molar refractivity (Wildman–Crippen MR) is 118 cm³/mol. The Morgan fingerprint density at radius 3 is 2.37 bits per heavy atom. The monoisotopic (exact) mass is 406 g/mol. The lowest BCUT2D eigenvalue weighted by atomic mass is 9.80. The third kappa shape index (κ3) is 3.68. The fraction of sp³-hybridized carbons (Fsp3) is 0.750. The zero-order valence-electron chi connectivity index (χ0n) is 18.4. The number of hydrogen-bond donors (Lipinski definition) is 1. The van der Waals surface area contributed by atoms with Gasteiger partial charge < -0.3 is 9.88 Å². The Bertz CT molecular complexity index is 941. The number of rotatable bonds is 6. The van der Waals surface area contributed by atoms with E-state index in [-0.39, 0.29) is 5.82 Å². The van der Waals surface area contributed by atoms with Gasteiger partial charge in [-0.25, -0.2) is 4.98 Å². The van der Waals surface area contributed by atoms with Gasteiger partial charge in [0.25, 0.3) is 0 Å². The second-order valence-electron chi connectivity index (χ2n) is 10.1. The molecule has 2 aromatic heterocycles. The van der Waals surface area contributed by atoms with Gasteiger partial charge in [-0.2, -0.15) is 15.2 Å². The molecule has 2 aromatic rings. The van der Waals surface area contributed by atoms with Gasteiger partial charge in [0, 0.05) is 18.5 Å². The molecular formula is C24H34N6. The molecule has 2 heterocycles. The topological polar surface area (TPSA) is 79.4 Å². The summed E-state index contributed by atoms with van der Waals surface area (Å²) in [6.07, 6.45) is 12.8. The van der Waals surface area contributed by atoms with E-state index in [9.17, 15) is 5.26 Å². The van der Waals surface area contributed by atoms with Crippen LogP contribution < -0.4 is 5.32 Å². The lowest BCUT2D eigenvalue weighted by molar-refractivity contribution is 0.260. The van der Waals surface area contributed by atoms with Gasteiger partial charge in [0.2, 0.25) is 5.82 Å². The number of nitriles is 1. The molecule has 160 valence electrons. The van der Waals surface area contributed by atoms with E-state index < -0.39 is 0 Å². The third-order valence-electron chi connectivity index (χ3n) is 8.00. The van der Waals surface area contributed by atoms with Gasteiger partial charge in [0.15, 0.2) is 11.5 Å². The minimum atomic E-state index is 0.224. The Labute approximate surface area is 179 Å². The highest BCUT2D eigenvalue weighted by molar-refractivity contribution is 5.84. The molecule has 1 atom stereocenters. The van der Waals surface area contributed by atoms with Crippen molar-refractivity contribution in [1.82, 2.24) is 19.5 Å². The molecule has 0 saturated heterocycles. The van der Waals surface area contributed by atoms with Crippen molar-refractivity contribution in [3.63, 3.8) is 0 Å². The molecule has 6 nitrogen and oxygen atoms in total. The van der Waals surface area contributed by atoms with Crippen LogP contribution in [0.2, 0.25) is 0 Å². The van der Waals surface area contributed by atoms with E-state index in [0.717, 1.165) is 23.8 Å². The zero-order chi connectivity index (χ0) is 20.7. The SMILES string of the molecule is CC1CCC(Cn2c(C3CCC3)nc3nc(C#N)nc(N[C@H](C)C4CCC4)c32)CC1. The van der Waals surface area contributed by atoms with E-state index in [1.54, 1.807) is 0 Å². The van der Waals surface area contributed by atoms with Crippen LogP contribution in [-0.2, 0) is 6.54 Å². The van der Waals surface area contributed by atoms with Crippen molar-refractivity contribution in [2.45, 2.75) is 96.6 Å². The van der Waals surface area contributed by atoms with E-state index >= 15 is 0 Å². The Balaban J connectivity index is 1.55. The summed E-state index contributed by atoms with van der Waals surface area (Å²) in [5, 5.41) is 13.2. The maximum Gasteiger partial charge on any atom is 0.236 e. The lowest BCUT2D eigenvalue weighted by Crippen LogP contribution is -2.31. The second kappa shape index (κ2) is 8.17. The molecular weight excluding hydrogens is 372 g/mol. The number of anilines is 1. The molecule has 30 heavy (non-hydrogen) atoms. The summed E-state index contributed by atoms with van der Waals surface area (Å²) in [5.74, 6) is 5.00. The minimum absolute atomic E-state index is 0.224. The number of nitrogens with zero attached hydrogens (tertiary/aromatic N) is 5. The van der Waals surface area contributed by atoms with Crippen molar-refractivity contribution >= 4 is 17.0 Å². The normalized spacial score (nSPS) is 26.0. The molecule has 0 bridgehead atoms. The van der Waals surface area contributed by atoms with Crippen molar-refractivity contribution < 1.29 is 0 Å². The fourth-order valence-corrected chi connectivity index (χ4v) is 5.41. The van der Waals surface area contributed by atoms with Crippen LogP contribution in [0, 0.1) is 29.1 Å². The van der Waals surface area contributed by atoms with Crippen molar-refractivity contribution in [3.05, 3.63) is 11.6 Å². The van der Waals surface area contributed by atoms with Crippen LogP contribution in [0.3, 0.4) is 0 Å². The summed E-state index contributed by atoms with van der Waals surface area (Å²) < 4.78 is 2.44. The summed E-state index contributed by atoms with van der Waals surface area (Å²) in [6.45, 7) is 5.64. The smallest absolute Gasteiger partial charge is 0.236 e. The van der Waals surface area contributed by atoms with Crippen LogP contribution in [-0.4, -0.2) is 25.6 Å². The summed E-state index contributed by atoms with van der Waals surface area (Å²) in [5.41, 5.74) is 1.73. The first-order valence-electron chi connectivity index (χ1n) is 12.1. The van der Waals surface area contributed by atoms with Gasteiger partial charge in [-0.05, 0) is 63.2 Å². The predicted octanol–water partition coefficient (Wildman–Crippen LogP) is 5.39. The molecule has 0 amide bonds. The van der Waals surface area contributed by atoms with Crippen molar-refractivity contribution in [3.8, 4) is 6.07 Å². The Morgan fingerprint density at radius 2 is 1.77 bits per heavy atom. The summed E-state index contributed by atoms with van der Waals surface area (Å²) in [6, 6.07) is 2.51. The first kappa shape index (κ1) is 19.8. The van der Waals surface area contributed by atoms with Gasteiger partial charge in [-0.3, -0.25) is 0 Å². The van der Waals surface area contributed by atoms with Crippen LogP contribution in [0.1, 0.15) is 95.6 Å². The van der Waals surface area contributed by atoms with Gasteiger partial charge >= 0.3 is 0 Å². The van der Waals surface area contributed by atoms with Crippen LogP contribution in [0.25, 0.3) is 11.2 Å². The highest BCUT2D eigenvalue weighted by atomic mass is 15.2. The zero-order valence-corrected chi connectivity index (χ0v) is 18.4. The number of aromatic nitrogens is 4. The number of fused-ring (bicyclic) bond motifs is 1. The maximum atomic E-state index is 9.51. The molecule has 6 heteroatoms. The maximum absolute atomic E-state index is 9.51. The number of nitrogens with one attached hydrogen (secondary N) is 1. The van der Waals surface area contributed by atoms with Crippen LogP contribution >= 0.6 is 0 Å². The summed E-state index contributed by atoms with van der Waals surface area (Å²) >= 11 is 0. The van der Waals surface area contributed by atoms with Crippen molar-refractivity contribution in [1.29, 1.82) is 5.26 Å². The summed E-state index contributed by atoms with van der Waals surface area (Å²) in [7, 11) is 0. The highest BCUT2D eigenvalue weighted by Crippen LogP contribution is 2.40. The number of hydrogen-bond acceptors (Lipinski definition) is 5. The van der Waals surface area contributed by atoms with Gasteiger partial charge in [0.1, 0.15) is 17.4 Å². The molecule has 0 radical (unpaired) electrons. The first-order valence-corrected chi connectivity index (χ1v) is 12.1. The molecule has 3 aliphatic carbocycles. The van der Waals surface area contributed by atoms with E-state index in [1.165, 1.54) is 70.0 Å². The minimum Gasteiger partial charge on any atom is -0.365 e. The largest absolute Gasteiger partial charge is 0.365 e. The van der Waals surface area contributed by atoms with Crippen LogP contribution in [0.15, 0.2) is 0 Å². The molecule has 3 aliphatic rings. The molecule has 0 unspecified atom stereocenters. The average Bonchev–Trinajstić information content (AvgIpc) is 2.98. The summed E-state index contributed by atoms with van der Waals surface area (Å²) in [4.78, 5) is 14.2. The molecule has 3 fully saturated rings. The molecule has 5 rings (SSSR count). The Hall–Kier alpha value is -2.16. The lowest BCUT2D eigenvalue weighted by Gasteiger charge is -2.33. The van der Waals surface area contributed by atoms with Gasteiger partial charge in [0.05, 0.1) is 0 Å². The van der Waals surface area contributed by atoms with Gasteiger partial charge in [-0.15, -0.1) is 0 Å². The highest BCUT2D eigenvalue weighted by Gasteiger charge is 2.31. The van der Waals surface area contributed by atoms with E-state index in [2.05, 4.69) is 39.8 Å². The van der Waals surface area contributed by atoms with Gasteiger partial charge in [-0.1, -0.05) is 32.6 Å². The van der Waals surface area contributed by atoms with Crippen LogP contribution in [0.4, 0.5) is 5.82 Å². The van der Waals surface area contributed by atoms with E-state index in [4.69, 9.17) is 4.98 Å². The van der Waals surface area contributed by atoms with E-state index in [1.807, 2.05) is 0 Å². The quantitative estimate of drug-likeness (QED) is 0.695. The van der Waals surface area contributed by atoms with E-state index in [0.29, 0.717) is 29.4 Å². The first-order chi connectivity index (χ1) is 14.6. The molecule has 3 saturated carbocycles. The Kier molecular flexibility index (Phi) is 5.39. The second-order valence-corrected chi connectivity index (χ2v) is 10.1. The molecule has 0 spiro atoms.